The number of nitrogens with one attached hydrogen (secondary N) is 2. The van der Waals surface area contributed by atoms with Crippen LogP contribution >= 0.6 is 50.7 Å². The zero-order valence-electron chi connectivity index (χ0n) is 7.14. The summed E-state index contributed by atoms with van der Waals surface area (Å²) in [6.07, 6.45) is 1.60. The molecule has 78 valence electrons. The number of hydrogen-bond donors (Lipinski definition) is 2. The normalized spacial score (nSPS) is 18.1. The molecule has 1 saturated heterocycles. The van der Waals surface area contributed by atoms with Crippen LogP contribution in [0.2, 0.25) is 0 Å². The predicted molar refractivity (Wildman–Crippen MR) is 71.0 cm³/mol. The highest BCUT2D eigenvalue weighted by Crippen LogP contribution is 2.24. The molecule has 1 aromatic rings. The van der Waals surface area contributed by atoms with Crippen LogP contribution in [0.5, 0.6) is 0 Å². The third kappa shape index (κ3) is 2.40. The van der Waals surface area contributed by atoms with E-state index in [9.17, 15) is 4.79 Å². The second kappa shape index (κ2) is 4.22. The van der Waals surface area contributed by atoms with E-state index in [2.05, 4.69) is 49.2 Å². The van der Waals surface area contributed by atoms with Crippen molar-refractivity contribution in [2.45, 2.75) is 0 Å². The molecule has 0 unspecified atom stereocenters. The van der Waals surface area contributed by atoms with Crippen LogP contribution in [0.15, 0.2) is 20.7 Å². The Hall–Kier alpha value is -0.410. The Morgan fingerprint density at radius 1 is 1.53 bits per heavy atom. The highest BCUT2D eigenvalue weighted by atomic mass is 127. The van der Waals surface area contributed by atoms with Crippen molar-refractivity contribution in [2.75, 3.05) is 0 Å². The molecule has 1 amide bonds. The standard InChI is InChI=1S/C8H4BrIN2O2S/c9-4-1-3(14-6(4)10)2-5-7(13)12-8(15)11-5/h1-2H,(H2,11,12,13,15). The summed E-state index contributed by atoms with van der Waals surface area (Å²) in [6.45, 7) is 0. The number of halogens is 2. The summed E-state index contributed by atoms with van der Waals surface area (Å²) in [7, 11) is 0. The molecule has 1 fully saturated rings. The number of carbonyl (C=O) groups is 1. The third-order valence-corrected chi connectivity index (χ3v) is 4.01. The molecular weight excluding hydrogens is 395 g/mol. The quantitative estimate of drug-likeness (QED) is 0.431. The molecule has 1 aromatic heterocycles. The monoisotopic (exact) mass is 398 g/mol. The maximum Gasteiger partial charge on any atom is 0.274 e. The van der Waals surface area contributed by atoms with Crippen LogP contribution in [0, 0.1) is 3.77 Å². The van der Waals surface area contributed by atoms with Crippen molar-refractivity contribution in [2.24, 2.45) is 0 Å². The molecule has 1 aliphatic rings. The molecule has 0 aliphatic carbocycles. The van der Waals surface area contributed by atoms with E-state index in [1.165, 1.54) is 0 Å². The molecule has 0 bridgehead atoms. The van der Waals surface area contributed by atoms with Gasteiger partial charge < -0.3 is 9.73 Å². The first kappa shape index (κ1) is 11.1. The molecule has 2 N–H and O–H groups in total. The first-order valence-electron chi connectivity index (χ1n) is 3.85. The lowest BCUT2D eigenvalue weighted by atomic mass is 10.3. The Morgan fingerprint density at radius 3 is 2.73 bits per heavy atom. The topological polar surface area (TPSA) is 54.3 Å². The number of rotatable bonds is 1. The van der Waals surface area contributed by atoms with Gasteiger partial charge in [-0.05, 0) is 34.2 Å². The fourth-order valence-electron chi connectivity index (χ4n) is 1.06. The van der Waals surface area contributed by atoms with Gasteiger partial charge in [-0.25, -0.2) is 0 Å². The molecule has 15 heavy (non-hydrogen) atoms. The van der Waals surface area contributed by atoms with Crippen molar-refractivity contribution in [1.82, 2.24) is 10.6 Å². The van der Waals surface area contributed by atoms with Gasteiger partial charge in [0, 0.05) is 28.7 Å². The van der Waals surface area contributed by atoms with E-state index in [1.807, 2.05) is 0 Å². The van der Waals surface area contributed by atoms with Crippen molar-refractivity contribution < 1.29 is 9.21 Å². The van der Waals surface area contributed by atoms with Crippen LogP contribution in [0.25, 0.3) is 6.08 Å². The maximum atomic E-state index is 11.3. The van der Waals surface area contributed by atoms with Crippen molar-refractivity contribution >= 4 is 67.8 Å². The molecule has 0 aromatic carbocycles. The SMILES string of the molecule is O=C1NC(=S)NC1=Cc1cc(Br)c(I)o1. The van der Waals surface area contributed by atoms with E-state index in [0.717, 1.165) is 8.24 Å². The lowest BCUT2D eigenvalue weighted by molar-refractivity contribution is -0.115. The highest BCUT2D eigenvalue weighted by molar-refractivity contribution is 14.1. The van der Waals surface area contributed by atoms with E-state index in [4.69, 9.17) is 16.6 Å². The van der Waals surface area contributed by atoms with Crippen LogP contribution in [-0.4, -0.2) is 11.0 Å². The smallest absolute Gasteiger partial charge is 0.274 e. The second-order valence-corrected chi connectivity index (χ2v) is 4.98. The van der Waals surface area contributed by atoms with Gasteiger partial charge in [0.05, 0.1) is 4.47 Å². The number of thiocarbonyl (C=S) groups is 1. The fourth-order valence-corrected chi connectivity index (χ4v) is 1.98. The minimum atomic E-state index is -0.248. The van der Waals surface area contributed by atoms with Crippen LogP contribution in [0.1, 0.15) is 5.76 Å². The zero-order chi connectivity index (χ0) is 11.0. The largest absolute Gasteiger partial charge is 0.450 e. The van der Waals surface area contributed by atoms with E-state index >= 15 is 0 Å². The minimum Gasteiger partial charge on any atom is -0.450 e. The summed E-state index contributed by atoms with van der Waals surface area (Å²) in [5.41, 5.74) is 0.387. The van der Waals surface area contributed by atoms with Gasteiger partial charge in [-0.2, -0.15) is 0 Å². The van der Waals surface area contributed by atoms with Gasteiger partial charge in [-0.3, -0.25) is 10.1 Å². The molecule has 4 nitrogen and oxygen atoms in total. The minimum absolute atomic E-state index is 0.248. The van der Waals surface area contributed by atoms with Crippen molar-refractivity contribution in [3.63, 3.8) is 0 Å². The summed E-state index contributed by atoms with van der Waals surface area (Å²) < 4.78 is 6.95. The number of amides is 1. The Kier molecular flexibility index (Phi) is 3.12. The molecule has 0 saturated carbocycles. The first-order chi connectivity index (χ1) is 7.06. The number of furan rings is 1. The van der Waals surface area contributed by atoms with Gasteiger partial charge in [-0.15, -0.1) is 0 Å². The average Bonchev–Trinajstić information content (AvgIpc) is 2.59. The summed E-state index contributed by atoms with van der Waals surface area (Å²) in [5.74, 6) is 0.344. The van der Waals surface area contributed by atoms with Crippen molar-refractivity contribution in [1.29, 1.82) is 0 Å². The lowest BCUT2D eigenvalue weighted by Gasteiger charge is -1.91. The first-order valence-corrected chi connectivity index (χ1v) is 6.13. The van der Waals surface area contributed by atoms with Crippen LogP contribution in [0.3, 0.4) is 0 Å². The Bertz CT molecular complexity index is 463. The summed E-state index contributed by atoms with van der Waals surface area (Å²) in [6, 6.07) is 1.78. The summed E-state index contributed by atoms with van der Waals surface area (Å²) in [5, 5.41) is 5.51. The van der Waals surface area contributed by atoms with Gasteiger partial charge in [0.25, 0.3) is 5.91 Å². The summed E-state index contributed by atoms with van der Waals surface area (Å²) >= 11 is 10.2. The van der Waals surface area contributed by atoms with Crippen LogP contribution < -0.4 is 10.6 Å². The maximum absolute atomic E-state index is 11.3. The molecular formula is C8H4BrIN2O2S. The number of hydrogen-bond acceptors (Lipinski definition) is 3. The Balaban J connectivity index is 2.30. The molecule has 2 heterocycles. The Labute approximate surface area is 113 Å². The highest BCUT2D eigenvalue weighted by Gasteiger charge is 2.20. The van der Waals surface area contributed by atoms with Gasteiger partial charge in [0.1, 0.15) is 11.5 Å². The fraction of sp³-hybridized carbons (Fsp3) is 0. The van der Waals surface area contributed by atoms with Gasteiger partial charge >= 0.3 is 0 Å². The Morgan fingerprint density at radius 2 is 2.27 bits per heavy atom. The zero-order valence-corrected chi connectivity index (χ0v) is 11.7. The number of carbonyl (C=O) groups excluding carboxylic acids is 1. The third-order valence-electron chi connectivity index (χ3n) is 1.67. The van der Waals surface area contributed by atoms with E-state index in [1.54, 1.807) is 12.1 Å². The molecule has 0 spiro atoms. The van der Waals surface area contributed by atoms with Gasteiger partial charge in [-0.1, -0.05) is 0 Å². The van der Waals surface area contributed by atoms with Gasteiger partial charge in [0.2, 0.25) is 0 Å². The predicted octanol–water partition coefficient (Wildman–Crippen LogP) is 1.99. The molecule has 2 rings (SSSR count). The van der Waals surface area contributed by atoms with E-state index in [0.29, 0.717) is 16.6 Å². The second-order valence-electron chi connectivity index (χ2n) is 2.74. The van der Waals surface area contributed by atoms with Crippen LogP contribution in [-0.2, 0) is 4.79 Å². The average molecular weight is 399 g/mol. The van der Waals surface area contributed by atoms with E-state index in [-0.39, 0.29) is 5.91 Å². The molecule has 1 aliphatic heterocycles. The van der Waals surface area contributed by atoms with Crippen molar-refractivity contribution in [3.8, 4) is 0 Å². The molecule has 7 heteroatoms. The van der Waals surface area contributed by atoms with Crippen LogP contribution in [0.4, 0.5) is 0 Å². The summed E-state index contributed by atoms with van der Waals surface area (Å²) in [4.78, 5) is 11.3. The lowest BCUT2D eigenvalue weighted by Crippen LogP contribution is -2.21. The van der Waals surface area contributed by atoms with Crippen molar-refractivity contribution in [3.05, 3.63) is 25.8 Å². The molecule has 0 atom stereocenters. The molecule has 0 radical (unpaired) electrons. The van der Waals surface area contributed by atoms with E-state index < -0.39 is 0 Å². The van der Waals surface area contributed by atoms with Gasteiger partial charge in [0.15, 0.2) is 8.88 Å².